The van der Waals surface area contributed by atoms with Crippen molar-refractivity contribution in [1.82, 2.24) is 9.78 Å². The lowest BCUT2D eigenvalue weighted by Gasteiger charge is -2.05. The van der Waals surface area contributed by atoms with E-state index in [-0.39, 0.29) is 5.91 Å². The Morgan fingerprint density at radius 3 is 2.70 bits per heavy atom. The molecule has 0 saturated heterocycles. The van der Waals surface area contributed by atoms with Crippen LogP contribution in [0, 0.1) is 6.92 Å². The van der Waals surface area contributed by atoms with Gasteiger partial charge in [0.1, 0.15) is 5.82 Å². The first kappa shape index (κ1) is 15.1. The van der Waals surface area contributed by atoms with Gasteiger partial charge in [0, 0.05) is 34.7 Å². The van der Waals surface area contributed by atoms with E-state index >= 15 is 0 Å². The predicted molar refractivity (Wildman–Crippen MR) is 86.1 cm³/mol. The third-order valence-electron chi connectivity index (χ3n) is 2.68. The highest BCUT2D eigenvalue weighted by Crippen LogP contribution is 2.21. The zero-order valence-electron chi connectivity index (χ0n) is 11.4. The van der Waals surface area contributed by atoms with Gasteiger partial charge < -0.3 is 5.32 Å². The molecule has 2 aromatic rings. The van der Waals surface area contributed by atoms with Crippen molar-refractivity contribution >= 4 is 39.4 Å². The topological polar surface area (TPSA) is 46.9 Å². The summed E-state index contributed by atoms with van der Waals surface area (Å²) in [5.41, 5.74) is 0.895. The quantitative estimate of drug-likeness (QED) is 0.835. The molecule has 0 saturated carbocycles. The standard InChI is InChI=1S/C14H16BrN3OS/c1-10-9-13(18(2)17-10)16-14(19)7-8-20-12-5-3-11(15)4-6-12/h3-6,9H,7-8H2,1-2H3,(H,16,19). The fourth-order valence-corrected chi connectivity index (χ4v) is 2.84. The highest BCUT2D eigenvalue weighted by atomic mass is 79.9. The van der Waals surface area contributed by atoms with Crippen LogP contribution in [0.4, 0.5) is 5.82 Å². The van der Waals surface area contributed by atoms with E-state index in [1.54, 1.807) is 16.4 Å². The minimum atomic E-state index is 0.0117. The Morgan fingerprint density at radius 1 is 1.40 bits per heavy atom. The molecular weight excluding hydrogens is 338 g/mol. The number of aryl methyl sites for hydroxylation is 2. The van der Waals surface area contributed by atoms with Gasteiger partial charge in [-0.25, -0.2) is 0 Å². The molecule has 1 aromatic carbocycles. The number of nitrogens with zero attached hydrogens (tertiary/aromatic N) is 2. The first-order valence-electron chi connectivity index (χ1n) is 6.23. The maximum absolute atomic E-state index is 11.8. The van der Waals surface area contributed by atoms with Gasteiger partial charge in [-0.05, 0) is 31.2 Å². The number of thioether (sulfide) groups is 1. The fourth-order valence-electron chi connectivity index (χ4n) is 1.73. The Balaban J connectivity index is 1.78. The molecule has 0 bridgehead atoms. The summed E-state index contributed by atoms with van der Waals surface area (Å²) in [7, 11) is 1.82. The van der Waals surface area contributed by atoms with Crippen molar-refractivity contribution in [3.63, 3.8) is 0 Å². The first-order valence-corrected chi connectivity index (χ1v) is 8.01. The second-order valence-corrected chi connectivity index (χ2v) is 6.48. The molecule has 0 radical (unpaired) electrons. The molecule has 20 heavy (non-hydrogen) atoms. The number of hydrogen-bond acceptors (Lipinski definition) is 3. The number of amides is 1. The van der Waals surface area contributed by atoms with Gasteiger partial charge in [0.15, 0.2) is 0 Å². The first-order chi connectivity index (χ1) is 9.54. The largest absolute Gasteiger partial charge is 0.311 e. The van der Waals surface area contributed by atoms with Crippen LogP contribution >= 0.6 is 27.7 Å². The molecule has 1 heterocycles. The third-order valence-corrected chi connectivity index (χ3v) is 4.22. The molecule has 0 aliphatic heterocycles. The van der Waals surface area contributed by atoms with Crippen molar-refractivity contribution in [2.45, 2.75) is 18.2 Å². The van der Waals surface area contributed by atoms with Crippen LogP contribution in [-0.2, 0) is 11.8 Å². The van der Waals surface area contributed by atoms with Crippen molar-refractivity contribution < 1.29 is 4.79 Å². The van der Waals surface area contributed by atoms with Crippen LogP contribution in [0.2, 0.25) is 0 Å². The molecule has 0 unspecified atom stereocenters. The summed E-state index contributed by atoms with van der Waals surface area (Å²) in [5, 5.41) is 7.06. The Bertz CT molecular complexity index is 595. The number of anilines is 1. The second-order valence-electron chi connectivity index (χ2n) is 4.40. The second kappa shape index (κ2) is 6.95. The number of aromatic nitrogens is 2. The minimum absolute atomic E-state index is 0.0117. The molecule has 0 atom stereocenters. The van der Waals surface area contributed by atoms with Crippen LogP contribution in [-0.4, -0.2) is 21.4 Å². The van der Waals surface area contributed by atoms with Gasteiger partial charge in [0.05, 0.1) is 5.69 Å². The summed E-state index contributed by atoms with van der Waals surface area (Å²) in [4.78, 5) is 13.0. The maximum Gasteiger partial charge on any atom is 0.226 e. The summed E-state index contributed by atoms with van der Waals surface area (Å²) >= 11 is 5.07. The predicted octanol–water partition coefficient (Wildman–Crippen LogP) is 3.61. The molecule has 0 aliphatic carbocycles. The fraction of sp³-hybridized carbons (Fsp3) is 0.286. The lowest BCUT2D eigenvalue weighted by molar-refractivity contribution is -0.115. The molecule has 0 fully saturated rings. The van der Waals surface area contributed by atoms with Crippen LogP contribution in [0.5, 0.6) is 0 Å². The monoisotopic (exact) mass is 353 g/mol. The molecule has 106 valence electrons. The van der Waals surface area contributed by atoms with E-state index in [1.165, 1.54) is 0 Å². The van der Waals surface area contributed by atoms with Crippen molar-refractivity contribution in [2.24, 2.45) is 7.05 Å². The molecule has 2 rings (SSSR count). The zero-order valence-corrected chi connectivity index (χ0v) is 13.8. The summed E-state index contributed by atoms with van der Waals surface area (Å²) in [6, 6.07) is 9.94. The van der Waals surface area contributed by atoms with Gasteiger partial charge >= 0.3 is 0 Å². The Hall–Kier alpha value is -1.27. The number of benzene rings is 1. The number of rotatable bonds is 5. The number of halogens is 1. The van der Waals surface area contributed by atoms with Crippen LogP contribution in [0.1, 0.15) is 12.1 Å². The van der Waals surface area contributed by atoms with Gasteiger partial charge in [0.2, 0.25) is 5.91 Å². The summed E-state index contributed by atoms with van der Waals surface area (Å²) in [5.74, 6) is 1.50. The summed E-state index contributed by atoms with van der Waals surface area (Å²) in [6.45, 7) is 1.90. The van der Waals surface area contributed by atoms with E-state index in [9.17, 15) is 4.79 Å². The third kappa shape index (κ3) is 4.38. The van der Waals surface area contributed by atoms with Crippen molar-refractivity contribution in [2.75, 3.05) is 11.1 Å². The normalized spacial score (nSPS) is 10.6. The van der Waals surface area contributed by atoms with E-state index in [2.05, 4.69) is 26.3 Å². The van der Waals surface area contributed by atoms with Crippen LogP contribution in [0.25, 0.3) is 0 Å². The van der Waals surface area contributed by atoms with Gasteiger partial charge in [-0.3, -0.25) is 9.48 Å². The van der Waals surface area contributed by atoms with Gasteiger partial charge in [-0.1, -0.05) is 15.9 Å². The maximum atomic E-state index is 11.8. The molecule has 1 amide bonds. The Kier molecular flexibility index (Phi) is 5.25. The van der Waals surface area contributed by atoms with E-state index < -0.39 is 0 Å². The van der Waals surface area contributed by atoms with E-state index in [4.69, 9.17) is 0 Å². The molecule has 4 nitrogen and oxygen atoms in total. The lowest BCUT2D eigenvalue weighted by atomic mass is 10.4. The highest BCUT2D eigenvalue weighted by molar-refractivity contribution is 9.10. The Morgan fingerprint density at radius 2 is 2.10 bits per heavy atom. The molecule has 1 N–H and O–H groups in total. The van der Waals surface area contributed by atoms with Crippen LogP contribution < -0.4 is 5.32 Å². The average Bonchev–Trinajstić information content (AvgIpc) is 2.70. The number of nitrogens with one attached hydrogen (secondary N) is 1. The lowest BCUT2D eigenvalue weighted by Crippen LogP contribution is -2.14. The Labute approximate surface area is 131 Å². The van der Waals surface area contributed by atoms with E-state index in [1.807, 2.05) is 44.3 Å². The number of carbonyl (C=O) groups is 1. The van der Waals surface area contributed by atoms with E-state index in [0.29, 0.717) is 6.42 Å². The van der Waals surface area contributed by atoms with Gasteiger partial charge in [-0.15, -0.1) is 11.8 Å². The van der Waals surface area contributed by atoms with Crippen molar-refractivity contribution in [3.8, 4) is 0 Å². The van der Waals surface area contributed by atoms with E-state index in [0.717, 1.165) is 26.6 Å². The number of carbonyl (C=O) groups excluding carboxylic acids is 1. The number of hydrogen-bond donors (Lipinski definition) is 1. The molecule has 6 heteroatoms. The molecular formula is C14H16BrN3OS. The molecule has 1 aromatic heterocycles. The van der Waals surface area contributed by atoms with Gasteiger partial charge in [0.25, 0.3) is 0 Å². The van der Waals surface area contributed by atoms with Crippen molar-refractivity contribution in [3.05, 3.63) is 40.5 Å². The zero-order chi connectivity index (χ0) is 14.5. The summed E-state index contributed by atoms with van der Waals surface area (Å²) < 4.78 is 2.74. The highest BCUT2D eigenvalue weighted by Gasteiger charge is 2.07. The van der Waals surface area contributed by atoms with Crippen molar-refractivity contribution in [1.29, 1.82) is 0 Å². The minimum Gasteiger partial charge on any atom is -0.311 e. The molecule has 0 aliphatic rings. The average molecular weight is 354 g/mol. The van der Waals surface area contributed by atoms with Crippen LogP contribution in [0.15, 0.2) is 39.7 Å². The summed E-state index contributed by atoms with van der Waals surface area (Å²) in [6.07, 6.45) is 0.477. The SMILES string of the molecule is Cc1cc(NC(=O)CCSc2ccc(Br)cc2)n(C)n1. The van der Waals surface area contributed by atoms with Gasteiger partial charge in [-0.2, -0.15) is 5.10 Å². The molecule has 0 spiro atoms. The smallest absolute Gasteiger partial charge is 0.226 e. The van der Waals surface area contributed by atoms with Crippen LogP contribution in [0.3, 0.4) is 0 Å².